The summed E-state index contributed by atoms with van der Waals surface area (Å²) in [5.74, 6) is -0.404. The predicted octanol–water partition coefficient (Wildman–Crippen LogP) is 1.57. The molecule has 1 amide bonds. The minimum absolute atomic E-state index is 0.114. The van der Waals surface area contributed by atoms with Gasteiger partial charge in [-0.25, -0.2) is 0 Å². The van der Waals surface area contributed by atoms with Crippen LogP contribution in [0, 0.1) is 0 Å². The van der Waals surface area contributed by atoms with E-state index in [1.807, 2.05) is 18.2 Å². The van der Waals surface area contributed by atoms with E-state index in [4.69, 9.17) is 5.73 Å². The van der Waals surface area contributed by atoms with Gasteiger partial charge in [-0.2, -0.15) is 0 Å². The van der Waals surface area contributed by atoms with Crippen molar-refractivity contribution in [3.05, 3.63) is 35.4 Å². The van der Waals surface area contributed by atoms with Crippen molar-refractivity contribution in [2.75, 3.05) is 0 Å². The van der Waals surface area contributed by atoms with E-state index in [-0.39, 0.29) is 12.1 Å². The van der Waals surface area contributed by atoms with Gasteiger partial charge >= 0.3 is 0 Å². The summed E-state index contributed by atoms with van der Waals surface area (Å²) in [4.78, 5) is 11.3. The standard InChI is InChI=1S/C15H22N2O2/c16-15(19)12-7-5-4-6-11(12)10-17-13-8-2-1-3-9-14(13)18/h4-7,13-14,17-18H,1-3,8-10H2,(H2,16,19). The number of benzene rings is 1. The molecule has 1 aliphatic carbocycles. The van der Waals surface area contributed by atoms with Crippen LogP contribution in [0.15, 0.2) is 24.3 Å². The third-order valence-electron chi connectivity index (χ3n) is 3.82. The number of hydrogen-bond donors (Lipinski definition) is 3. The topological polar surface area (TPSA) is 75.4 Å². The van der Waals surface area contributed by atoms with Gasteiger partial charge in [-0.1, -0.05) is 37.5 Å². The quantitative estimate of drug-likeness (QED) is 0.721. The number of carbonyl (C=O) groups is 1. The number of rotatable bonds is 4. The van der Waals surface area contributed by atoms with Gasteiger partial charge in [0, 0.05) is 18.2 Å². The van der Waals surface area contributed by atoms with E-state index in [1.54, 1.807) is 6.07 Å². The lowest BCUT2D eigenvalue weighted by Gasteiger charge is -2.22. The van der Waals surface area contributed by atoms with Crippen molar-refractivity contribution in [3.8, 4) is 0 Å². The fourth-order valence-electron chi connectivity index (χ4n) is 2.68. The van der Waals surface area contributed by atoms with Crippen LogP contribution in [0.25, 0.3) is 0 Å². The number of hydrogen-bond acceptors (Lipinski definition) is 3. The Morgan fingerprint density at radius 3 is 2.79 bits per heavy atom. The molecule has 4 heteroatoms. The van der Waals surface area contributed by atoms with E-state index in [0.29, 0.717) is 12.1 Å². The lowest BCUT2D eigenvalue weighted by atomic mass is 10.0. The second kappa shape index (κ2) is 6.68. The lowest BCUT2D eigenvalue weighted by Crippen LogP contribution is -2.39. The monoisotopic (exact) mass is 262 g/mol. The highest BCUT2D eigenvalue weighted by Gasteiger charge is 2.21. The molecule has 0 spiro atoms. The van der Waals surface area contributed by atoms with Crippen molar-refractivity contribution in [1.29, 1.82) is 0 Å². The van der Waals surface area contributed by atoms with Crippen LogP contribution < -0.4 is 11.1 Å². The molecule has 2 atom stereocenters. The Hall–Kier alpha value is -1.39. The highest BCUT2D eigenvalue weighted by molar-refractivity contribution is 5.94. The van der Waals surface area contributed by atoms with Gasteiger partial charge in [0.05, 0.1) is 6.10 Å². The van der Waals surface area contributed by atoms with Crippen LogP contribution in [0.4, 0.5) is 0 Å². The molecule has 1 aromatic rings. The largest absolute Gasteiger partial charge is 0.392 e. The van der Waals surface area contributed by atoms with Crippen molar-refractivity contribution in [1.82, 2.24) is 5.32 Å². The van der Waals surface area contributed by atoms with Gasteiger partial charge in [0.25, 0.3) is 0 Å². The SMILES string of the molecule is NC(=O)c1ccccc1CNC1CCCCCC1O. The number of primary amides is 1. The molecule has 19 heavy (non-hydrogen) atoms. The molecule has 1 aliphatic rings. The first-order valence-corrected chi connectivity index (χ1v) is 6.97. The third-order valence-corrected chi connectivity index (χ3v) is 3.82. The maximum Gasteiger partial charge on any atom is 0.249 e. The average Bonchev–Trinajstić information content (AvgIpc) is 2.61. The van der Waals surface area contributed by atoms with Crippen LogP contribution in [0.2, 0.25) is 0 Å². The third kappa shape index (κ3) is 3.78. The Bertz CT molecular complexity index is 434. The molecule has 1 fully saturated rings. The van der Waals surface area contributed by atoms with Crippen LogP contribution in [0.5, 0.6) is 0 Å². The summed E-state index contributed by atoms with van der Waals surface area (Å²) in [6.45, 7) is 0.570. The molecule has 4 N–H and O–H groups in total. The van der Waals surface area contributed by atoms with E-state index in [2.05, 4.69) is 5.32 Å². The molecule has 0 aromatic heterocycles. The second-order valence-corrected chi connectivity index (χ2v) is 5.21. The van der Waals surface area contributed by atoms with Crippen LogP contribution in [-0.4, -0.2) is 23.2 Å². The lowest BCUT2D eigenvalue weighted by molar-refractivity contribution is 0.0998. The van der Waals surface area contributed by atoms with E-state index in [1.165, 1.54) is 6.42 Å². The molecule has 4 nitrogen and oxygen atoms in total. The molecule has 1 saturated carbocycles. The minimum Gasteiger partial charge on any atom is -0.392 e. The molecule has 0 aliphatic heterocycles. The van der Waals surface area contributed by atoms with Crippen LogP contribution in [-0.2, 0) is 6.54 Å². The van der Waals surface area contributed by atoms with Crippen molar-refractivity contribution in [2.24, 2.45) is 5.73 Å². The number of aliphatic hydroxyl groups excluding tert-OH is 1. The Kier molecular flexibility index (Phi) is 4.93. The summed E-state index contributed by atoms with van der Waals surface area (Å²) >= 11 is 0. The van der Waals surface area contributed by atoms with Gasteiger partial charge in [-0.05, 0) is 24.5 Å². The Morgan fingerprint density at radius 2 is 2.00 bits per heavy atom. The zero-order chi connectivity index (χ0) is 13.7. The number of amides is 1. The maximum absolute atomic E-state index is 11.3. The molecular weight excluding hydrogens is 240 g/mol. The summed E-state index contributed by atoms with van der Waals surface area (Å²) in [5, 5.41) is 13.4. The molecule has 0 radical (unpaired) electrons. The summed E-state index contributed by atoms with van der Waals surface area (Å²) in [6, 6.07) is 7.46. The molecule has 0 bridgehead atoms. The molecule has 0 saturated heterocycles. The van der Waals surface area contributed by atoms with E-state index in [0.717, 1.165) is 31.2 Å². The first-order valence-electron chi connectivity index (χ1n) is 6.97. The highest BCUT2D eigenvalue weighted by Crippen LogP contribution is 2.19. The summed E-state index contributed by atoms with van der Waals surface area (Å²) < 4.78 is 0. The molecule has 2 unspecified atom stereocenters. The molecular formula is C15H22N2O2. The smallest absolute Gasteiger partial charge is 0.249 e. The van der Waals surface area contributed by atoms with Crippen LogP contribution in [0.3, 0.4) is 0 Å². The fraction of sp³-hybridized carbons (Fsp3) is 0.533. The van der Waals surface area contributed by atoms with Gasteiger partial charge in [0.1, 0.15) is 0 Å². The highest BCUT2D eigenvalue weighted by atomic mass is 16.3. The fourth-order valence-corrected chi connectivity index (χ4v) is 2.68. The van der Waals surface area contributed by atoms with Crippen LogP contribution in [0.1, 0.15) is 48.0 Å². The van der Waals surface area contributed by atoms with Gasteiger partial charge < -0.3 is 16.2 Å². The van der Waals surface area contributed by atoms with E-state index in [9.17, 15) is 9.90 Å². The summed E-state index contributed by atoms with van der Waals surface area (Å²) in [5.41, 5.74) is 6.81. The Balaban J connectivity index is 1.99. The molecule has 0 heterocycles. The number of nitrogens with one attached hydrogen (secondary N) is 1. The van der Waals surface area contributed by atoms with E-state index < -0.39 is 5.91 Å². The summed E-state index contributed by atoms with van der Waals surface area (Å²) in [6.07, 6.45) is 4.98. The number of aliphatic hydroxyl groups is 1. The number of nitrogens with two attached hydrogens (primary N) is 1. The van der Waals surface area contributed by atoms with Crippen molar-refractivity contribution < 1.29 is 9.90 Å². The molecule has 1 aromatic carbocycles. The maximum atomic E-state index is 11.3. The van der Waals surface area contributed by atoms with Gasteiger partial charge in [-0.15, -0.1) is 0 Å². The second-order valence-electron chi connectivity index (χ2n) is 5.21. The average molecular weight is 262 g/mol. The van der Waals surface area contributed by atoms with Crippen molar-refractivity contribution in [2.45, 2.75) is 50.8 Å². The normalized spacial score (nSPS) is 23.8. The van der Waals surface area contributed by atoms with Crippen molar-refractivity contribution >= 4 is 5.91 Å². The molecule has 104 valence electrons. The minimum atomic E-state index is -0.404. The first kappa shape index (κ1) is 14.0. The van der Waals surface area contributed by atoms with Gasteiger partial charge in [0.2, 0.25) is 5.91 Å². The zero-order valence-electron chi connectivity index (χ0n) is 11.1. The number of carbonyl (C=O) groups excluding carboxylic acids is 1. The predicted molar refractivity (Wildman–Crippen MR) is 74.7 cm³/mol. The molecule has 2 rings (SSSR count). The first-order chi connectivity index (χ1) is 9.18. The Morgan fingerprint density at radius 1 is 1.26 bits per heavy atom. The zero-order valence-corrected chi connectivity index (χ0v) is 11.1. The van der Waals surface area contributed by atoms with Gasteiger partial charge in [-0.3, -0.25) is 4.79 Å². The van der Waals surface area contributed by atoms with Gasteiger partial charge in [0.15, 0.2) is 0 Å². The Labute approximate surface area is 114 Å². The van der Waals surface area contributed by atoms with Crippen molar-refractivity contribution in [3.63, 3.8) is 0 Å². The summed E-state index contributed by atoms with van der Waals surface area (Å²) in [7, 11) is 0. The van der Waals surface area contributed by atoms with E-state index >= 15 is 0 Å². The van der Waals surface area contributed by atoms with Crippen LogP contribution >= 0.6 is 0 Å².